The van der Waals surface area contributed by atoms with Crippen LogP contribution >= 0.6 is 0 Å². The molecule has 3 heterocycles. The number of rotatable bonds is 5. The van der Waals surface area contributed by atoms with Crippen LogP contribution in [0.15, 0.2) is 0 Å². The molecule has 1 N–H and O–H groups in total. The Balaban J connectivity index is 1.30. The molecular weight excluding hydrogens is 238 g/mol. The lowest BCUT2D eigenvalue weighted by molar-refractivity contribution is 0.0372. The average Bonchev–Trinajstić information content (AvgIpc) is 2.67. The third kappa shape index (κ3) is 3.48. The molecule has 19 heavy (non-hydrogen) atoms. The summed E-state index contributed by atoms with van der Waals surface area (Å²) in [5.41, 5.74) is 0. The quantitative estimate of drug-likeness (QED) is 0.750. The largest absolute Gasteiger partial charge is 0.379 e. The molecule has 0 spiro atoms. The van der Waals surface area contributed by atoms with E-state index in [1.165, 1.54) is 45.2 Å². The van der Waals surface area contributed by atoms with E-state index in [1.54, 1.807) is 0 Å². The normalized spacial score (nSPS) is 36.8. The number of ether oxygens (including phenoxy) is 1. The van der Waals surface area contributed by atoms with Gasteiger partial charge >= 0.3 is 0 Å². The maximum absolute atomic E-state index is 5.38. The van der Waals surface area contributed by atoms with Gasteiger partial charge in [0.1, 0.15) is 0 Å². The first kappa shape index (κ1) is 13.8. The topological polar surface area (TPSA) is 27.7 Å². The van der Waals surface area contributed by atoms with Crippen LogP contribution in [0.2, 0.25) is 0 Å². The number of hydrogen-bond donors (Lipinski definition) is 1. The van der Waals surface area contributed by atoms with Crippen molar-refractivity contribution in [2.24, 2.45) is 0 Å². The van der Waals surface area contributed by atoms with E-state index in [1.807, 2.05) is 0 Å². The minimum absolute atomic E-state index is 0.776. The molecule has 4 nitrogen and oxygen atoms in total. The second-order valence-corrected chi connectivity index (χ2v) is 6.48. The lowest BCUT2D eigenvalue weighted by Gasteiger charge is -2.37. The molecule has 4 heteroatoms. The molecule has 0 aromatic carbocycles. The van der Waals surface area contributed by atoms with Gasteiger partial charge in [-0.3, -0.25) is 4.90 Å². The number of fused-ring (bicyclic) bond motifs is 2. The van der Waals surface area contributed by atoms with Gasteiger partial charge in [0, 0.05) is 31.2 Å². The van der Waals surface area contributed by atoms with Crippen molar-refractivity contribution in [1.82, 2.24) is 15.1 Å². The highest BCUT2D eigenvalue weighted by Gasteiger charge is 2.37. The minimum atomic E-state index is 0.776. The number of hydrogen-bond acceptors (Lipinski definition) is 4. The van der Waals surface area contributed by atoms with Crippen LogP contribution in [-0.2, 0) is 4.74 Å². The molecule has 0 aromatic heterocycles. The summed E-state index contributed by atoms with van der Waals surface area (Å²) < 4.78 is 5.38. The van der Waals surface area contributed by atoms with E-state index in [9.17, 15) is 0 Å². The van der Waals surface area contributed by atoms with E-state index in [0.717, 1.165) is 44.4 Å². The summed E-state index contributed by atoms with van der Waals surface area (Å²) in [5, 5.41) is 3.80. The SMILES string of the molecule is CN1C2CCC1CC(NCCCN1CCOCC1)C2. The summed E-state index contributed by atoms with van der Waals surface area (Å²) >= 11 is 0. The Morgan fingerprint density at radius 1 is 1.11 bits per heavy atom. The summed E-state index contributed by atoms with van der Waals surface area (Å²) in [6, 6.07) is 2.49. The fourth-order valence-electron chi connectivity index (χ4n) is 4.01. The molecule has 0 radical (unpaired) electrons. The number of piperidine rings is 1. The van der Waals surface area contributed by atoms with Crippen LogP contribution < -0.4 is 5.32 Å². The standard InChI is InChI=1S/C15H29N3O/c1-17-14-3-4-15(17)12-13(11-14)16-5-2-6-18-7-9-19-10-8-18/h13-16H,2-12H2,1H3. The van der Waals surface area contributed by atoms with Crippen molar-refractivity contribution in [3.8, 4) is 0 Å². The molecule has 2 unspecified atom stereocenters. The molecule has 0 aliphatic carbocycles. The predicted molar refractivity (Wildman–Crippen MR) is 77.5 cm³/mol. The van der Waals surface area contributed by atoms with Gasteiger partial charge in [-0.25, -0.2) is 0 Å². The van der Waals surface area contributed by atoms with Crippen molar-refractivity contribution in [2.75, 3.05) is 46.4 Å². The summed E-state index contributed by atoms with van der Waals surface area (Å²) in [7, 11) is 2.32. The highest BCUT2D eigenvalue weighted by atomic mass is 16.5. The van der Waals surface area contributed by atoms with E-state index in [0.29, 0.717) is 0 Å². The number of nitrogens with zero attached hydrogens (tertiary/aromatic N) is 2. The van der Waals surface area contributed by atoms with Gasteiger partial charge in [-0.1, -0.05) is 0 Å². The van der Waals surface area contributed by atoms with Gasteiger partial charge < -0.3 is 15.0 Å². The third-order valence-electron chi connectivity index (χ3n) is 5.29. The first-order valence-corrected chi connectivity index (χ1v) is 8.08. The number of nitrogens with one attached hydrogen (secondary N) is 1. The highest BCUT2D eigenvalue weighted by Crippen LogP contribution is 2.34. The van der Waals surface area contributed by atoms with Crippen LogP contribution in [0.1, 0.15) is 32.1 Å². The van der Waals surface area contributed by atoms with Gasteiger partial charge in [0.25, 0.3) is 0 Å². The predicted octanol–water partition coefficient (Wildman–Crippen LogP) is 0.924. The van der Waals surface area contributed by atoms with Crippen molar-refractivity contribution in [3.05, 3.63) is 0 Å². The Bertz CT molecular complexity index is 267. The van der Waals surface area contributed by atoms with Crippen LogP contribution in [0.3, 0.4) is 0 Å². The lowest BCUT2D eigenvalue weighted by atomic mass is 9.98. The third-order valence-corrected chi connectivity index (χ3v) is 5.29. The van der Waals surface area contributed by atoms with E-state index in [-0.39, 0.29) is 0 Å². The van der Waals surface area contributed by atoms with E-state index in [2.05, 4.69) is 22.2 Å². The Morgan fingerprint density at radius 3 is 2.47 bits per heavy atom. The first-order chi connectivity index (χ1) is 9.33. The van der Waals surface area contributed by atoms with Crippen LogP contribution in [-0.4, -0.2) is 74.4 Å². The summed E-state index contributed by atoms with van der Waals surface area (Å²) in [6.07, 6.45) is 6.86. The summed E-state index contributed by atoms with van der Waals surface area (Å²) in [4.78, 5) is 5.15. The molecule has 3 saturated heterocycles. The maximum Gasteiger partial charge on any atom is 0.0594 e. The fourth-order valence-corrected chi connectivity index (χ4v) is 4.01. The van der Waals surface area contributed by atoms with Gasteiger partial charge in [-0.05, 0) is 52.2 Å². The number of morpholine rings is 1. The molecule has 2 atom stereocenters. The molecule has 0 amide bonds. The van der Waals surface area contributed by atoms with Gasteiger partial charge in [-0.15, -0.1) is 0 Å². The summed E-state index contributed by atoms with van der Waals surface area (Å²) in [6.45, 7) is 6.51. The Kier molecular flexibility index (Phi) is 4.74. The maximum atomic E-state index is 5.38. The second-order valence-electron chi connectivity index (χ2n) is 6.48. The van der Waals surface area contributed by atoms with Crippen molar-refractivity contribution < 1.29 is 4.74 Å². The first-order valence-electron chi connectivity index (χ1n) is 8.08. The van der Waals surface area contributed by atoms with Gasteiger partial charge in [0.05, 0.1) is 13.2 Å². The Hall–Kier alpha value is -0.160. The Labute approximate surface area is 117 Å². The molecule has 3 rings (SSSR count). The zero-order valence-corrected chi connectivity index (χ0v) is 12.3. The smallest absolute Gasteiger partial charge is 0.0594 e. The van der Waals surface area contributed by atoms with Crippen LogP contribution in [0.4, 0.5) is 0 Å². The summed E-state index contributed by atoms with van der Waals surface area (Å²) in [5.74, 6) is 0. The fraction of sp³-hybridized carbons (Fsp3) is 1.00. The molecule has 3 aliphatic heterocycles. The highest BCUT2D eigenvalue weighted by molar-refractivity contribution is 4.95. The minimum Gasteiger partial charge on any atom is -0.379 e. The molecule has 3 aliphatic rings. The average molecular weight is 267 g/mol. The zero-order valence-electron chi connectivity index (χ0n) is 12.3. The van der Waals surface area contributed by atoms with Crippen LogP contribution in [0.5, 0.6) is 0 Å². The lowest BCUT2D eigenvalue weighted by Crippen LogP contribution is -2.47. The van der Waals surface area contributed by atoms with Crippen molar-refractivity contribution in [3.63, 3.8) is 0 Å². The van der Waals surface area contributed by atoms with Gasteiger partial charge in [0.15, 0.2) is 0 Å². The molecule has 110 valence electrons. The van der Waals surface area contributed by atoms with Gasteiger partial charge in [0.2, 0.25) is 0 Å². The molecule has 0 saturated carbocycles. The van der Waals surface area contributed by atoms with E-state index >= 15 is 0 Å². The Morgan fingerprint density at radius 2 is 1.79 bits per heavy atom. The molecule has 0 aromatic rings. The van der Waals surface area contributed by atoms with Crippen LogP contribution in [0.25, 0.3) is 0 Å². The van der Waals surface area contributed by atoms with Crippen molar-refractivity contribution in [1.29, 1.82) is 0 Å². The van der Waals surface area contributed by atoms with Crippen LogP contribution in [0, 0.1) is 0 Å². The second kappa shape index (κ2) is 6.53. The zero-order chi connectivity index (χ0) is 13.1. The van der Waals surface area contributed by atoms with Gasteiger partial charge in [-0.2, -0.15) is 0 Å². The van der Waals surface area contributed by atoms with Crippen molar-refractivity contribution >= 4 is 0 Å². The molecule has 2 bridgehead atoms. The van der Waals surface area contributed by atoms with E-state index < -0.39 is 0 Å². The van der Waals surface area contributed by atoms with Crippen molar-refractivity contribution in [2.45, 2.75) is 50.2 Å². The van der Waals surface area contributed by atoms with E-state index in [4.69, 9.17) is 4.74 Å². The monoisotopic (exact) mass is 267 g/mol. The molecular formula is C15H29N3O. The molecule has 3 fully saturated rings.